The first kappa shape index (κ1) is 12.2. The molecular weight excluding hydrogens is 212 g/mol. The van der Waals surface area contributed by atoms with Crippen molar-refractivity contribution in [2.24, 2.45) is 0 Å². The number of hydrogen-bond donors (Lipinski definition) is 2. The monoisotopic (exact) mass is 226 g/mol. The Morgan fingerprint density at radius 3 is 2.31 bits per heavy atom. The van der Waals surface area contributed by atoms with E-state index in [1.54, 1.807) is 13.8 Å². The molecule has 0 atom stereocenters. The maximum Gasteiger partial charge on any atom is 0.328 e. The number of nitrogens with one attached hydrogen (secondary N) is 1. The molecule has 1 rings (SSSR count). The molecule has 6 nitrogen and oxygen atoms in total. The van der Waals surface area contributed by atoms with Crippen LogP contribution >= 0.6 is 0 Å². The molecule has 0 spiro atoms. The van der Waals surface area contributed by atoms with Gasteiger partial charge in [0.25, 0.3) is 5.91 Å². The Balaban J connectivity index is 2.89. The normalized spacial score (nSPS) is 11.2. The van der Waals surface area contributed by atoms with Crippen LogP contribution in [0.25, 0.3) is 0 Å². The summed E-state index contributed by atoms with van der Waals surface area (Å²) in [6, 6.07) is 0. The molecule has 0 fully saturated rings. The van der Waals surface area contributed by atoms with Crippen LogP contribution in [0.1, 0.15) is 35.7 Å². The summed E-state index contributed by atoms with van der Waals surface area (Å²) in [7, 11) is 0. The van der Waals surface area contributed by atoms with E-state index in [4.69, 9.17) is 9.63 Å². The molecule has 0 unspecified atom stereocenters. The fraction of sp³-hybridized carbons (Fsp3) is 0.500. The predicted octanol–water partition coefficient (Wildman–Crippen LogP) is 0.884. The molecule has 2 N–H and O–H groups in total. The van der Waals surface area contributed by atoms with Gasteiger partial charge in [-0.15, -0.1) is 0 Å². The SMILES string of the molecule is Cc1onc(C(=O)NC(C)(C)C(=O)O)c1C. The molecule has 0 aliphatic heterocycles. The van der Waals surface area contributed by atoms with Crippen LogP contribution in [0.3, 0.4) is 0 Å². The summed E-state index contributed by atoms with van der Waals surface area (Å²) < 4.78 is 4.83. The van der Waals surface area contributed by atoms with Crippen LogP contribution in [-0.2, 0) is 4.79 Å². The Labute approximate surface area is 92.6 Å². The van der Waals surface area contributed by atoms with Crippen molar-refractivity contribution in [3.63, 3.8) is 0 Å². The van der Waals surface area contributed by atoms with Gasteiger partial charge in [0.1, 0.15) is 11.3 Å². The van der Waals surface area contributed by atoms with Gasteiger partial charge >= 0.3 is 5.97 Å². The van der Waals surface area contributed by atoms with Gasteiger partial charge in [0.15, 0.2) is 5.69 Å². The largest absolute Gasteiger partial charge is 0.480 e. The third-order valence-corrected chi connectivity index (χ3v) is 2.33. The lowest BCUT2D eigenvalue weighted by Gasteiger charge is -2.20. The highest BCUT2D eigenvalue weighted by Gasteiger charge is 2.31. The van der Waals surface area contributed by atoms with Gasteiger partial charge in [0.05, 0.1) is 0 Å². The minimum atomic E-state index is -1.34. The van der Waals surface area contributed by atoms with Crippen LogP contribution in [-0.4, -0.2) is 27.7 Å². The third kappa shape index (κ3) is 2.21. The van der Waals surface area contributed by atoms with E-state index in [9.17, 15) is 9.59 Å². The highest BCUT2D eigenvalue weighted by atomic mass is 16.5. The summed E-state index contributed by atoms with van der Waals surface area (Å²) >= 11 is 0. The van der Waals surface area contributed by atoms with E-state index in [0.717, 1.165) is 0 Å². The first-order valence-corrected chi connectivity index (χ1v) is 4.74. The number of aliphatic carboxylic acids is 1. The van der Waals surface area contributed by atoms with Crippen molar-refractivity contribution in [3.05, 3.63) is 17.0 Å². The third-order valence-electron chi connectivity index (χ3n) is 2.33. The Hall–Kier alpha value is -1.85. The Bertz CT molecular complexity index is 434. The topological polar surface area (TPSA) is 92.4 Å². The Morgan fingerprint density at radius 2 is 1.94 bits per heavy atom. The maximum absolute atomic E-state index is 11.7. The van der Waals surface area contributed by atoms with Gasteiger partial charge in [-0.2, -0.15) is 0 Å². The van der Waals surface area contributed by atoms with Gasteiger partial charge in [-0.3, -0.25) is 4.79 Å². The van der Waals surface area contributed by atoms with E-state index >= 15 is 0 Å². The number of rotatable bonds is 3. The van der Waals surface area contributed by atoms with E-state index in [0.29, 0.717) is 11.3 Å². The van der Waals surface area contributed by atoms with Gasteiger partial charge < -0.3 is 14.9 Å². The van der Waals surface area contributed by atoms with Crippen LogP contribution in [0.4, 0.5) is 0 Å². The predicted molar refractivity (Wildman–Crippen MR) is 55.2 cm³/mol. The number of amides is 1. The van der Waals surface area contributed by atoms with Crippen molar-refractivity contribution < 1.29 is 19.2 Å². The summed E-state index contributed by atoms with van der Waals surface area (Å²) in [4.78, 5) is 22.5. The molecule has 0 bridgehead atoms. The van der Waals surface area contributed by atoms with Crippen molar-refractivity contribution >= 4 is 11.9 Å². The summed E-state index contributed by atoms with van der Waals surface area (Å²) in [5.74, 6) is -1.13. The lowest BCUT2D eigenvalue weighted by Crippen LogP contribution is -2.49. The standard InChI is InChI=1S/C10H14N2O4/c1-5-6(2)16-12-7(5)8(13)11-10(3,4)9(14)15/h1-4H3,(H,11,13)(H,14,15). The van der Waals surface area contributed by atoms with Gasteiger partial charge in [-0.1, -0.05) is 5.16 Å². The van der Waals surface area contributed by atoms with Crippen LogP contribution in [0, 0.1) is 13.8 Å². The summed E-state index contributed by atoms with van der Waals surface area (Å²) in [5.41, 5.74) is -0.610. The van der Waals surface area contributed by atoms with Crippen LogP contribution in [0.2, 0.25) is 0 Å². The first-order chi connectivity index (χ1) is 7.25. The summed E-state index contributed by atoms with van der Waals surface area (Å²) in [6.45, 7) is 6.17. The zero-order valence-corrected chi connectivity index (χ0v) is 9.62. The number of carbonyl (C=O) groups excluding carboxylic acids is 1. The maximum atomic E-state index is 11.7. The zero-order valence-electron chi connectivity index (χ0n) is 9.62. The molecule has 6 heteroatoms. The second-order valence-corrected chi connectivity index (χ2v) is 4.10. The molecule has 0 aliphatic carbocycles. The Morgan fingerprint density at radius 1 is 1.38 bits per heavy atom. The number of hydrogen-bond acceptors (Lipinski definition) is 4. The number of carboxylic acid groups (broad SMARTS) is 1. The summed E-state index contributed by atoms with van der Waals surface area (Å²) in [5, 5.41) is 14.8. The molecule has 88 valence electrons. The number of carboxylic acids is 1. The molecule has 16 heavy (non-hydrogen) atoms. The highest BCUT2D eigenvalue weighted by Crippen LogP contribution is 2.12. The first-order valence-electron chi connectivity index (χ1n) is 4.74. The van der Waals surface area contributed by atoms with Crippen molar-refractivity contribution in [1.29, 1.82) is 0 Å². The second kappa shape index (κ2) is 3.96. The Kier molecular flexibility index (Phi) is 3.02. The van der Waals surface area contributed by atoms with Crippen LogP contribution in [0.5, 0.6) is 0 Å². The van der Waals surface area contributed by atoms with Crippen molar-refractivity contribution in [2.75, 3.05) is 0 Å². The zero-order chi connectivity index (χ0) is 12.5. The molecule has 0 saturated heterocycles. The minimum absolute atomic E-state index is 0.117. The second-order valence-electron chi connectivity index (χ2n) is 4.10. The van der Waals surface area contributed by atoms with Crippen LogP contribution < -0.4 is 5.32 Å². The van der Waals surface area contributed by atoms with E-state index < -0.39 is 17.4 Å². The lowest BCUT2D eigenvalue weighted by atomic mass is 10.1. The molecule has 1 aromatic heterocycles. The van der Waals surface area contributed by atoms with E-state index in [1.165, 1.54) is 13.8 Å². The fourth-order valence-electron chi connectivity index (χ4n) is 1.03. The average molecular weight is 226 g/mol. The highest BCUT2D eigenvalue weighted by molar-refractivity contribution is 5.97. The molecule has 1 aromatic rings. The number of nitrogens with zero attached hydrogens (tertiary/aromatic N) is 1. The van der Waals surface area contributed by atoms with Gasteiger partial charge in [-0.05, 0) is 27.7 Å². The molecule has 0 saturated carbocycles. The smallest absolute Gasteiger partial charge is 0.328 e. The van der Waals surface area contributed by atoms with Crippen molar-refractivity contribution in [3.8, 4) is 0 Å². The van der Waals surface area contributed by atoms with Gasteiger partial charge in [0, 0.05) is 5.56 Å². The fourth-order valence-corrected chi connectivity index (χ4v) is 1.03. The molecular formula is C10H14N2O4. The molecule has 0 radical (unpaired) electrons. The van der Waals surface area contributed by atoms with Gasteiger partial charge in [-0.25, -0.2) is 4.79 Å². The molecule has 0 aliphatic rings. The quantitative estimate of drug-likeness (QED) is 0.798. The van der Waals surface area contributed by atoms with Gasteiger partial charge in [0.2, 0.25) is 0 Å². The minimum Gasteiger partial charge on any atom is -0.480 e. The average Bonchev–Trinajstić information content (AvgIpc) is 2.46. The summed E-state index contributed by atoms with van der Waals surface area (Å²) in [6.07, 6.45) is 0. The van der Waals surface area contributed by atoms with E-state index in [-0.39, 0.29) is 5.69 Å². The van der Waals surface area contributed by atoms with Crippen LogP contribution in [0.15, 0.2) is 4.52 Å². The van der Waals surface area contributed by atoms with Crippen molar-refractivity contribution in [1.82, 2.24) is 10.5 Å². The molecule has 1 amide bonds. The van der Waals surface area contributed by atoms with Crippen molar-refractivity contribution in [2.45, 2.75) is 33.2 Å². The van der Waals surface area contributed by atoms with E-state index in [2.05, 4.69) is 10.5 Å². The number of aromatic nitrogens is 1. The number of carbonyl (C=O) groups is 2. The molecule has 1 heterocycles. The molecule has 0 aromatic carbocycles. The lowest BCUT2D eigenvalue weighted by molar-refractivity contribution is -0.143. The van der Waals surface area contributed by atoms with E-state index in [1.807, 2.05) is 0 Å². The number of aryl methyl sites for hydroxylation is 1.